The second kappa shape index (κ2) is 8.85. The number of carbonyl (C=O) groups is 2. The minimum Gasteiger partial charge on any atom is -0.351 e. The van der Waals surface area contributed by atoms with Gasteiger partial charge in [0.25, 0.3) is 5.91 Å². The topological polar surface area (TPSA) is 82.0 Å². The molecule has 2 aromatic rings. The maximum absolute atomic E-state index is 12.5. The van der Waals surface area contributed by atoms with E-state index >= 15 is 0 Å². The van der Waals surface area contributed by atoms with Gasteiger partial charge in [0.15, 0.2) is 0 Å². The summed E-state index contributed by atoms with van der Waals surface area (Å²) in [7, 11) is 0. The first-order valence-corrected chi connectivity index (χ1v) is 8.53. The van der Waals surface area contributed by atoms with Crippen LogP contribution in [0.2, 0.25) is 0 Å². The molecular weight excluding hydrogens is 322 g/mol. The first kappa shape index (κ1) is 17.7. The van der Waals surface area contributed by atoms with E-state index in [1.165, 1.54) is 11.3 Å². The molecule has 124 valence electrons. The van der Waals surface area contributed by atoms with E-state index in [2.05, 4.69) is 10.6 Å². The fraction of sp³-hybridized carbons (Fsp3) is 0.278. The molecule has 0 unspecified atom stereocenters. The normalized spacial score (nSPS) is 12.7. The predicted molar refractivity (Wildman–Crippen MR) is 93.6 cm³/mol. The maximum atomic E-state index is 12.5. The molecule has 24 heavy (non-hydrogen) atoms. The Labute approximate surface area is 145 Å². The van der Waals surface area contributed by atoms with Crippen LogP contribution in [0.3, 0.4) is 0 Å². The van der Waals surface area contributed by atoms with Crippen molar-refractivity contribution in [2.45, 2.75) is 31.8 Å². The summed E-state index contributed by atoms with van der Waals surface area (Å²) in [6.07, 6.45) is 0.617. The molecule has 0 fully saturated rings. The van der Waals surface area contributed by atoms with Gasteiger partial charge in [0, 0.05) is 12.5 Å². The Morgan fingerprint density at radius 1 is 1.17 bits per heavy atom. The van der Waals surface area contributed by atoms with Crippen molar-refractivity contribution in [3.63, 3.8) is 0 Å². The molecule has 0 saturated heterocycles. The monoisotopic (exact) mass is 341 g/mol. The van der Waals surface area contributed by atoms with Gasteiger partial charge in [0.2, 0.25) is 5.91 Å². The molecule has 2 atom stereocenters. The number of hydrogen-bond donors (Lipinski definition) is 2. The SMILES string of the molecule is C[C@@H](CC#N)NC(=O)[C@H](Cc1ccccc1)NC(=O)c1cccs1. The zero-order chi connectivity index (χ0) is 17.4. The van der Waals surface area contributed by atoms with Crippen LogP contribution in [0.1, 0.15) is 28.6 Å². The average molecular weight is 341 g/mol. The van der Waals surface area contributed by atoms with E-state index in [4.69, 9.17) is 5.26 Å². The van der Waals surface area contributed by atoms with E-state index in [9.17, 15) is 9.59 Å². The number of hydrogen-bond acceptors (Lipinski definition) is 4. The Bertz CT molecular complexity index is 708. The Kier molecular flexibility index (Phi) is 6.52. The molecule has 0 radical (unpaired) electrons. The van der Waals surface area contributed by atoms with Gasteiger partial charge in [-0.1, -0.05) is 36.4 Å². The van der Waals surface area contributed by atoms with Crippen LogP contribution in [0, 0.1) is 11.3 Å². The first-order chi connectivity index (χ1) is 11.6. The van der Waals surface area contributed by atoms with Crippen molar-refractivity contribution in [3.8, 4) is 6.07 Å². The van der Waals surface area contributed by atoms with Gasteiger partial charge in [-0.2, -0.15) is 5.26 Å². The molecule has 0 aliphatic heterocycles. The summed E-state index contributed by atoms with van der Waals surface area (Å²) in [5.74, 6) is -0.555. The molecule has 2 rings (SSSR count). The molecule has 1 aromatic carbocycles. The summed E-state index contributed by atoms with van der Waals surface area (Å²) < 4.78 is 0. The predicted octanol–water partition coefficient (Wildman–Crippen LogP) is 2.51. The fourth-order valence-electron chi connectivity index (χ4n) is 2.23. The van der Waals surface area contributed by atoms with Crippen molar-refractivity contribution < 1.29 is 9.59 Å². The standard InChI is InChI=1S/C18H19N3O2S/c1-13(9-10-19)20-17(22)15(12-14-6-3-2-4-7-14)21-18(23)16-8-5-11-24-16/h2-8,11,13,15H,9,12H2,1H3,(H,20,22)(H,21,23)/t13-,15-/m0/s1. The van der Waals surface area contributed by atoms with Gasteiger partial charge in [-0.25, -0.2) is 0 Å². The third kappa shape index (κ3) is 5.21. The molecule has 0 aliphatic rings. The zero-order valence-corrected chi connectivity index (χ0v) is 14.2. The van der Waals surface area contributed by atoms with Gasteiger partial charge in [-0.15, -0.1) is 11.3 Å². The van der Waals surface area contributed by atoms with E-state index in [0.29, 0.717) is 11.3 Å². The Hall–Kier alpha value is -2.65. The lowest BCUT2D eigenvalue weighted by Crippen LogP contribution is -2.50. The quantitative estimate of drug-likeness (QED) is 0.812. The third-order valence-corrected chi connectivity index (χ3v) is 4.30. The Morgan fingerprint density at radius 3 is 2.54 bits per heavy atom. The largest absolute Gasteiger partial charge is 0.351 e. The second-order valence-corrected chi connectivity index (χ2v) is 6.41. The lowest BCUT2D eigenvalue weighted by molar-refractivity contribution is -0.123. The van der Waals surface area contributed by atoms with Crippen molar-refractivity contribution in [2.24, 2.45) is 0 Å². The highest BCUT2D eigenvalue weighted by Crippen LogP contribution is 2.10. The van der Waals surface area contributed by atoms with E-state index in [-0.39, 0.29) is 24.3 Å². The van der Waals surface area contributed by atoms with E-state index in [0.717, 1.165) is 5.56 Å². The number of benzene rings is 1. The number of rotatable bonds is 7. The van der Waals surface area contributed by atoms with E-state index in [1.54, 1.807) is 19.1 Å². The Balaban J connectivity index is 2.10. The fourth-order valence-corrected chi connectivity index (χ4v) is 2.85. The molecular formula is C18H19N3O2S. The molecule has 0 saturated carbocycles. The lowest BCUT2D eigenvalue weighted by Gasteiger charge is -2.20. The highest BCUT2D eigenvalue weighted by molar-refractivity contribution is 7.12. The van der Waals surface area contributed by atoms with Gasteiger partial charge in [-0.3, -0.25) is 9.59 Å². The van der Waals surface area contributed by atoms with Gasteiger partial charge >= 0.3 is 0 Å². The molecule has 0 bridgehead atoms. The molecule has 2 N–H and O–H groups in total. The van der Waals surface area contributed by atoms with Crippen molar-refractivity contribution >= 4 is 23.2 Å². The molecule has 5 nitrogen and oxygen atoms in total. The Morgan fingerprint density at radius 2 is 1.92 bits per heavy atom. The molecule has 6 heteroatoms. The summed E-state index contributed by atoms with van der Waals surface area (Å²) in [6, 6.07) is 14.1. The van der Waals surface area contributed by atoms with Crippen LogP contribution in [0.4, 0.5) is 0 Å². The van der Waals surface area contributed by atoms with Crippen LogP contribution in [0.25, 0.3) is 0 Å². The molecule has 1 aromatic heterocycles. The van der Waals surface area contributed by atoms with Gasteiger partial charge in [-0.05, 0) is 23.9 Å². The average Bonchev–Trinajstić information content (AvgIpc) is 3.10. The summed E-state index contributed by atoms with van der Waals surface area (Å²) >= 11 is 1.33. The number of amides is 2. The van der Waals surface area contributed by atoms with Gasteiger partial charge < -0.3 is 10.6 Å². The minimum atomic E-state index is -0.692. The highest BCUT2D eigenvalue weighted by atomic mass is 32.1. The summed E-state index contributed by atoms with van der Waals surface area (Å²) in [6.45, 7) is 1.77. The highest BCUT2D eigenvalue weighted by Gasteiger charge is 2.23. The van der Waals surface area contributed by atoms with E-state index < -0.39 is 6.04 Å². The first-order valence-electron chi connectivity index (χ1n) is 7.65. The van der Waals surface area contributed by atoms with Crippen molar-refractivity contribution in [1.29, 1.82) is 5.26 Å². The van der Waals surface area contributed by atoms with Crippen molar-refractivity contribution in [1.82, 2.24) is 10.6 Å². The molecule has 2 amide bonds. The second-order valence-electron chi connectivity index (χ2n) is 5.46. The maximum Gasteiger partial charge on any atom is 0.262 e. The van der Waals surface area contributed by atoms with Crippen LogP contribution in [0.15, 0.2) is 47.8 Å². The summed E-state index contributed by atoms with van der Waals surface area (Å²) in [5.41, 5.74) is 0.956. The molecule has 0 aliphatic carbocycles. The van der Waals surface area contributed by atoms with E-state index in [1.807, 2.05) is 41.8 Å². The number of nitriles is 1. The van der Waals surface area contributed by atoms with Crippen molar-refractivity contribution in [3.05, 3.63) is 58.3 Å². The third-order valence-electron chi connectivity index (χ3n) is 3.44. The minimum absolute atomic E-state index is 0.225. The number of nitrogens with zero attached hydrogens (tertiary/aromatic N) is 1. The number of nitrogens with one attached hydrogen (secondary N) is 2. The van der Waals surface area contributed by atoms with Gasteiger partial charge in [0.1, 0.15) is 6.04 Å². The van der Waals surface area contributed by atoms with Crippen LogP contribution < -0.4 is 10.6 Å². The van der Waals surface area contributed by atoms with Gasteiger partial charge in [0.05, 0.1) is 17.4 Å². The summed E-state index contributed by atoms with van der Waals surface area (Å²) in [4.78, 5) is 25.4. The lowest BCUT2D eigenvalue weighted by atomic mass is 10.0. The molecule has 1 heterocycles. The smallest absolute Gasteiger partial charge is 0.262 e. The zero-order valence-electron chi connectivity index (χ0n) is 13.4. The van der Waals surface area contributed by atoms with Crippen molar-refractivity contribution in [2.75, 3.05) is 0 Å². The van der Waals surface area contributed by atoms with Crippen LogP contribution in [-0.4, -0.2) is 23.9 Å². The molecule has 0 spiro atoms. The van der Waals surface area contributed by atoms with Crippen LogP contribution >= 0.6 is 11.3 Å². The van der Waals surface area contributed by atoms with Crippen LogP contribution in [-0.2, 0) is 11.2 Å². The summed E-state index contributed by atoms with van der Waals surface area (Å²) in [5, 5.41) is 16.1. The van der Waals surface area contributed by atoms with Crippen LogP contribution in [0.5, 0.6) is 0 Å². The number of thiophene rings is 1. The number of carbonyl (C=O) groups excluding carboxylic acids is 2.